The number of ether oxygens (including phenoxy) is 1. The molecule has 1 aliphatic rings. The molecule has 0 atom stereocenters. The summed E-state index contributed by atoms with van der Waals surface area (Å²) in [7, 11) is 1.70. The molecule has 2 nitrogen and oxygen atoms in total. The second kappa shape index (κ2) is 6.43. The molecule has 0 aromatic heterocycles. The van der Waals surface area contributed by atoms with Gasteiger partial charge in [-0.25, -0.2) is 0 Å². The second-order valence-corrected chi connectivity index (χ2v) is 6.26. The summed E-state index contributed by atoms with van der Waals surface area (Å²) in [4.78, 5) is 12.8. The highest BCUT2D eigenvalue weighted by atomic mass is 16.5. The molecule has 0 spiro atoms. The molecule has 0 bridgehead atoms. The molecule has 110 valence electrons. The minimum Gasteiger partial charge on any atom is -0.496 e. The lowest BCUT2D eigenvalue weighted by atomic mass is 9.82. The van der Waals surface area contributed by atoms with Crippen LogP contribution in [-0.4, -0.2) is 12.9 Å². The number of rotatable bonds is 4. The molecule has 2 heteroatoms. The summed E-state index contributed by atoms with van der Waals surface area (Å²) < 4.78 is 5.46. The summed E-state index contributed by atoms with van der Waals surface area (Å²) in [6.07, 6.45) is 5.79. The van der Waals surface area contributed by atoms with Crippen LogP contribution in [0.4, 0.5) is 0 Å². The van der Waals surface area contributed by atoms with Gasteiger partial charge >= 0.3 is 0 Å². The number of carbonyl (C=O) groups excluding carboxylic acids is 1. The van der Waals surface area contributed by atoms with Crippen molar-refractivity contribution in [3.05, 3.63) is 28.8 Å². The molecule has 0 saturated heterocycles. The Kier molecular flexibility index (Phi) is 4.85. The molecule has 1 aromatic rings. The first kappa shape index (κ1) is 15.1. The Morgan fingerprint density at radius 3 is 2.40 bits per heavy atom. The maximum absolute atomic E-state index is 12.8. The number of ketones is 1. The van der Waals surface area contributed by atoms with Crippen LogP contribution in [0.2, 0.25) is 0 Å². The van der Waals surface area contributed by atoms with E-state index in [1.807, 2.05) is 13.0 Å². The molecule has 1 aromatic carbocycles. The van der Waals surface area contributed by atoms with Crippen LogP contribution < -0.4 is 4.74 Å². The molecule has 1 fully saturated rings. The van der Waals surface area contributed by atoms with Gasteiger partial charge in [0.2, 0.25) is 0 Å². The predicted octanol–water partition coefficient (Wildman–Crippen LogP) is 4.89. The van der Waals surface area contributed by atoms with Crippen molar-refractivity contribution in [1.29, 1.82) is 0 Å². The van der Waals surface area contributed by atoms with Gasteiger partial charge in [0.1, 0.15) is 5.75 Å². The zero-order valence-electron chi connectivity index (χ0n) is 13.2. The van der Waals surface area contributed by atoms with Gasteiger partial charge < -0.3 is 4.74 Å². The number of Topliss-reactive ketones (excluding diaryl/α,β-unsaturated/α-hetero) is 1. The normalized spacial score (nSPS) is 16.4. The highest BCUT2D eigenvalue weighted by molar-refractivity contribution is 5.99. The Bertz CT molecular complexity index is 482. The summed E-state index contributed by atoms with van der Waals surface area (Å²) in [6.45, 7) is 6.30. The quantitative estimate of drug-likeness (QED) is 0.731. The lowest BCUT2D eigenvalue weighted by molar-refractivity contribution is 0.0889. The van der Waals surface area contributed by atoms with Gasteiger partial charge in [-0.2, -0.15) is 0 Å². The van der Waals surface area contributed by atoms with Crippen LogP contribution in [0.1, 0.15) is 73.4 Å². The van der Waals surface area contributed by atoms with Crippen molar-refractivity contribution in [2.45, 2.75) is 58.8 Å². The summed E-state index contributed by atoms with van der Waals surface area (Å²) in [5.74, 6) is 1.84. The third-order valence-corrected chi connectivity index (χ3v) is 4.44. The number of carbonyl (C=O) groups is 1. The van der Waals surface area contributed by atoms with Crippen molar-refractivity contribution in [3.8, 4) is 5.75 Å². The van der Waals surface area contributed by atoms with Gasteiger partial charge in [0.05, 0.1) is 7.11 Å². The Morgan fingerprint density at radius 1 is 1.20 bits per heavy atom. The average Bonchev–Trinajstić information content (AvgIpc) is 2.46. The molecular weight excluding hydrogens is 248 g/mol. The molecular formula is C18H26O2. The van der Waals surface area contributed by atoms with Crippen molar-refractivity contribution in [2.75, 3.05) is 7.11 Å². The monoisotopic (exact) mass is 274 g/mol. The first-order valence-electron chi connectivity index (χ1n) is 7.77. The van der Waals surface area contributed by atoms with Gasteiger partial charge in [-0.1, -0.05) is 33.1 Å². The number of hydrogen-bond acceptors (Lipinski definition) is 2. The predicted molar refractivity (Wildman–Crippen MR) is 82.7 cm³/mol. The number of aryl methyl sites for hydroxylation is 1. The molecule has 0 amide bonds. The minimum absolute atomic E-state index is 0.232. The van der Waals surface area contributed by atoms with Crippen LogP contribution >= 0.6 is 0 Å². The lowest BCUT2D eigenvalue weighted by Gasteiger charge is -2.22. The van der Waals surface area contributed by atoms with Gasteiger partial charge in [0.25, 0.3) is 0 Å². The zero-order valence-corrected chi connectivity index (χ0v) is 13.2. The maximum Gasteiger partial charge on any atom is 0.166 e. The number of benzene rings is 1. The Labute approximate surface area is 122 Å². The van der Waals surface area contributed by atoms with E-state index in [9.17, 15) is 4.79 Å². The third-order valence-electron chi connectivity index (χ3n) is 4.44. The Morgan fingerprint density at radius 2 is 1.85 bits per heavy atom. The molecule has 0 radical (unpaired) electrons. The molecule has 1 aliphatic carbocycles. The van der Waals surface area contributed by atoms with Gasteiger partial charge in [0.15, 0.2) is 5.78 Å². The van der Waals surface area contributed by atoms with E-state index in [1.54, 1.807) is 7.11 Å². The topological polar surface area (TPSA) is 26.3 Å². The summed E-state index contributed by atoms with van der Waals surface area (Å²) in [6, 6.07) is 4.08. The van der Waals surface area contributed by atoms with E-state index in [0.717, 1.165) is 35.3 Å². The van der Waals surface area contributed by atoms with Crippen LogP contribution in [0.15, 0.2) is 12.1 Å². The molecule has 0 heterocycles. The number of methoxy groups -OCH3 is 1. The van der Waals surface area contributed by atoms with Gasteiger partial charge in [0, 0.05) is 11.5 Å². The van der Waals surface area contributed by atoms with Crippen molar-refractivity contribution < 1.29 is 9.53 Å². The average molecular weight is 274 g/mol. The van der Waals surface area contributed by atoms with Crippen molar-refractivity contribution in [3.63, 3.8) is 0 Å². The highest BCUT2D eigenvalue weighted by Gasteiger charge is 2.24. The minimum atomic E-state index is 0.232. The smallest absolute Gasteiger partial charge is 0.166 e. The summed E-state index contributed by atoms with van der Waals surface area (Å²) in [5, 5.41) is 0. The SMILES string of the molecule is COc1cc(C)c(C(=O)C2CCCCC2)cc1C(C)C. The van der Waals surface area contributed by atoms with Gasteiger partial charge in [-0.05, 0) is 48.9 Å². The van der Waals surface area contributed by atoms with E-state index in [4.69, 9.17) is 4.74 Å². The van der Waals surface area contributed by atoms with Crippen LogP contribution in [-0.2, 0) is 0 Å². The van der Waals surface area contributed by atoms with Crippen LogP contribution in [0.3, 0.4) is 0 Å². The summed E-state index contributed by atoms with van der Waals surface area (Å²) >= 11 is 0. The van der Waals surface area contributed by atoms with Crippen LogP contribution in [0, 0.1) is 12.8 Å². The summed E-state index contributed by atoms with van der Waals surface area (Å²) in [5.41, 5.74) is 3.08. The van der Waals surface area contributed by atoms with Crippen LogP contribution in [0.25, 0.3) is 0 Å². The van der Waals surface area contributed by atoms with Gasteiger partial charge in [-0.3, -0.25) is 4.79 Å². The van der Waals surface area contributed by atoms with E-state index >= 15 is 0 Å². The first-order chi connectivity index (χ1) is 9.54. The molecule has 0 unspecified atom stereocenters. The standard InChI is InChI=1S/C18H26O2/c1-12(2)15-11-16(13(3)10-17(15)20-4)18(19)14-8-6-5-7-9-14/h10-12,14H,5-9H2,1-4H3. The Balaban J connectivity index is 2.35. The maximum atomic E-state index is 12.8. The van der Waals surface area contributed by atoms with E-state index in [1.165, 1.54) is 19.3 Å². The fraction of sp³-hybridized carbons (Fsp3) is 0.611. The van der Waals surface area contributed by atoms with Gasteiger partial charge in [-0.15, -0.1) is 0 Å². The molecule has 1 saturated carbocycles. The van der Waals surface area contributed by atoms with Crippen molar-refractivity contribution in [2.24, 2.45) is 5.92 Å². The molecule has 0 aliphatic heterocycles. The third kappa shape index (κ3) is 3.05. The van der Waals surface area contributed by atoms with Crippen molar-refractivity contribution >= 4 is 5.78 Å². The van der Waals surface area contributed by atoms with E-state index in [0.29, 0.717) is 11.7 Å². The Hall–Kier alpha value is -1.31. The first-order valence-corrected chi connectivity index (χ1v) is 7.77. The molecule has 2 rings (SSSR count). The van der Waals surface area contributed by atoms with E-state index < -0.39 is 0 Å². The molecule has 20 heavy (non-hydrogen) atoms. The highest BCUT2D eigenvalue weighted by Crippen LogP contribution is 2.33. The van der Waals surface area contributed by atoms with Crippen molar-refractivity contribution in [1.82, 2.24) is 0 Å². The van der Waals surface area contributed by atoms with E-state index in [-0.39, 0.29) is 5.92 Å². The van der Waals surface area contributed by atoms with E-state index in [2.05, 4.69) is 19.9 Å². The lowest BCUT2D eigenvalue weighted by Crippen LogP contribution is -2.19. The zero-order chi connectivity index (χ0) is 14.7. The fourth-order valence-electron chi connectivity index (χ4n) is 3.18. The number of hydrogen-bond donors (Lipinski definition) is 0. The largest absolute Gasteiger partial charge is 0.496 e. The fourth-order valence-corrected chi connectivity index (χ4v) is 3.18. The second-order valence-electron chi connectivity index (χ2n) is 6.26. The van der Waals surface area contributed by atoms with Crippen LogP contribution in [0.5, 0.6) is 5.75 Å². The molecule has 0 N–H and O–H groups in total.